The molecule has 6 nitrogen and oxygen atoms in total. The summed E-state index contributed by atoms with van der Waals surface area (Å²) in [5.41, 5.74) is 5.91. The van der Waals surface area contributed by atoms with Crippen LogP contribution in [0, 0.1) is 23.2 Å². The van der Waals surface area contributed by atoms with E-state index in [2.05, 4.69) is 5.32 Å². The van der Waals surface area contributed by atoms with Crippen molar-refractivity contribution in [3.8, 4) is 0 Å². The number of anilines is 1. The number of aromatic nitrogens is 1. The fraction of sp³-hybridized carbons (Fsp3) is 0.542. The highest BCUT2D eigenvalue weighted by molar-refractivity contribution is 6.02. The van der Waals surface area contributed by atoms with Crippen LogP contribution in [0.3, 0.4) is 0 Å². The van der Waals surface area contributed by atoms with E-state index in [1.807, 2.05) is 6.07 Å². The summed E-state index contributed by atoms with van der Waals surface area (Å²) in [7, 11) is 0. The van der Waals surface area contributed by atoms with Crippen molar-refractivity contribution < 1.29 is 9.59 Å². The van der Waals surface area contributed by atoms with Crippen molar-refractivity contribution in [2.75, 3.05) is 5.32 Å². The number of hydrogen-bond donors (Lipinski definition) is 2. The first-order valence-corrected chi connectivity index (χ1v) is 11.1. The number of hydrogen-bond acceptors (Lipinski definition) is 3. The molecule has 0 radical (unpaired) electrons. The topological polar surface area (TPSA) is 94.2 Å². The van der Waals surface area contributed by atoms with Gasteiger partial charge in [0.25, 0.3) is 5.56 Å². The van der Waals surface area contributed by atoms with Crippen LogP contribution in [0.2, 0.25) is 0 Å². The Hall–Kier alpha value is -2.63. The highest BCUT2D eigenvalue weighted by atomic mass is 16.2. The maximum absolute atomic E-state index is 13.0. The molecule has 1 atom stereocenters. The summed E-state index contributed by atoms with van der Waals surface area (Å²) < 4.78 is 1.34. The van der Waals surface area contributed by atoms with E-state index >= 15 is 0 Å². The van der Waals surface area contributed by atoms with Gasteiger partial charge in [0.05, 0.1) is 0 Å². The Kier molecular flexibility index (Phi) is 4.49. The number of nitrogens with two attached hydrogens (primary N) is 1. The van der Waals surface area contributed by atoms with Gasteiger partial charge in [-0.15, -0.1) is 0 Å². The fourth-order valence-electron chi connectivity index (χ4n) is 6.89. The minimum atomic E-state index is -0.726. The van der Waals surface area contributed by atoms with Gasteiger partial charge in [0.15, 0.2) is 0 Å². The molecule has 30 heavy (non-hydrogen) atoms. The highest BCUT2D eigenvalue weighted by Gasteiger charge is 2.51. The molecule has 1 heterocycles. The molecule has 4 aliphatic carbocycles. The predicted molar refractivity (Wildman–Crippen MR) is 116 cm³/mol. The summed E-state index contributed by atoms with van der Waals surface area (Å²) in [6.45, 7) is 1.60. The number of fused-ring (bicyclic) bond motifs is 1. The Balaban J connectivity index is 1.39. The van der Waals surface area contributed by atoms with E-state index in [-0.39, 0.29) is 16.9 Å². The minimum Gasteiger partial charge on any atom is -0.368 e. The first kappa shape index (κ1) is 19.3. The Bertz CT molecular complexity index is 1050. The Morgan fingerprint density at radius 1 is 1.10 bits per heavy atom. The average molecular weight is 408 g/mol. The summed E-state index contributed by atoms with van der Waals surface area (Å²) in [6, 6.07) is 6.37. The van der Waals surface area contributed by atoms with Crippen LogP contribution in [0.15, 0.2) is 35.3 Å². The van der Waals surface area contributed by atoms with Gasteiger partial charge in [0.2, 0.25) is 11.8 Å². The lowest BCUT2D eigenvalue weighted by atomic mass is 9.49. The van der Waals surface area contributed by atoms with Gasteiger partial charge in [-0.2, -0.15) is 0 Å². The van der Waals surface area contributed by atoms with Crippen molar-refractivity contribution >= 4 is 28.3 Å². The number of benzene rings is 1. The summed E-state index contributed by atoms with van der Waals surface area (Å²) in [5, 5.41) is 4.24. The van der Waals surface area contributed by atoms with Gasteiger partial charge in [-0.25, -0.2) is 0 Å². The SMILES string of the molecule is C[C@H](C(N)=O)n1ccc2c(NC(=O)CC34CC5CC(CC(C5)C3)C4)cccc2c1=O. The molecule has 4 fully saturated rings. The number of pyridine rings is 1. The van der Waals surface area contributed by atoms with Crippen LogP contribution < -0.4 is 16.6 Å². The standard InChI is InChI=1S/C24H29N3O3/c1-14(22(25)29)27-6-5-18-19(23(27)30)3-2-4-20(18)26-21(28)13-24-10-15-7-16(11-24)9-17(8-15)12-24/h2-6,14-17H,7-13H2,1H3,(H2,25,29)(H,26,28)/t14-,15?,16?,17?,24?/m1/s1. The van der Waals surface area contributed by atoms with Crippen molar-refractivity contribution in [2.45, 2.75) is 57.9 Å². The number of primary amides is 1. The van der Waals surface area contributed by atoms with E-state index in [0.717, 1.165) is 17.8 Å². The van der Waals surface area contributed by atoms with Gasteiger partial charge in [-0.1, -0.05) is 6.07 Å². The molecule has 4 saturated carbocycles. The largest absolute Gasteiger partial charge is 0.368 e. The van der Waals surface area contributed by atoms with Crippen molar-refractivity contribution in [3.63, 3.8) is 0 Å². The van der Waals surface area contributed by atoms with Gasteiger partial charge >= 0.3 is 0 Å². The molecule has 1 aromatic heterocycles. The Morgan fingerprint density at radius 2 is 1.73 bits per heavy atom. The number of carbonyl (C=O) groups is 2. The maximum Gasteiger partial charge on any atom is 0.259 e. The lowest BCUT2D eigenvalue weighted by molar-refractivity contribution is -0.124. The number of amides is 2. The van der Waals surface area contributed by atoms with Crippen LogP contribution in [0.4, 0.5) is 5.69 Å². The zero-order chi connectivity index (χ0) is 21.0. The molecule has 2 aromatic rings. The van der Waals surface area contributed by atoms with Crippen molar-refractivity contribution in [1.82, 2.24) is 4.57 Å². The van der Waals surface area contributed by atoms with Crippen LogP contribution >= 0.6 is 0 Å². The van der Waals surface area contributed by atoms with Crippen molar-refractivity contribution in [3.05, 3.63) is 40.8 Å². The summed E-state index contributed by atoms with van der Waals surface area (Å²) >= 11 is 0. The number of nitrogens with zero attached hydrogens (tertiary/aromatic N) is 1. The fourth-order valence-corrected chi connectivity index (χ4v) is 6.89. The van der Waals surface area contributed by atoms with E-state index in [9.17, 15) is 14.4 Å². The minimum absolute atomic E-state index is 0.0409. The van der Waals surface area contributed by atoms with Gasteiger partial charge in [-0.05, 0) is 86.8 Å². The molecule has 4 aliphatic rings. The van der Waals surface area contributed by atoms with E-state index < -0.39 is 11.9 Å². The van der Waals surface area contributed by atoms with Crippen LogP contribution in [-0.2, 0) is 9.59 Å². The molecule has 0 saturated heterocycles. The smallest absolute Gasteiger partial charge is 0.259 e. The molecular formula is C24H29N3O3. The Morgan fingerprint density at radius 3 is 2.33 bits per heavy atom. The zero-order valence-corrected chi connectivity index (χ0v) is 17.4. The third-order valence-corrected chi connectivity index (χ3v) is 7.78. The van der Waals surface area contributed by atoms with Crippen LogP contribution in [0.25, 0.3) is 10.8 Å². The van der Waals surface area contributed by atoms with E-state index in [0.29, 0.717) is 22.9 Å². The lowest BCUT2D eigenvalue weighted by Crippen LogP contribution is -2.47. The number of nitrogens with one attached hydrogen (secondary N) is 1. The molecule has 6 heteroatoms. The third kappa shape index (κ3) is 3.22. The van der Waals surface area contributed by atoms with Gasteiger partial charge < -0.3 is 15.6 Å². The quantitative estimate of drug-likeness (QED) is 0.793. The highest BCUT2D eigenvalue weighted by Crippen LogP contribution is 2.61. The zero-order valence-electron chi connectivity index (χ0n) is 17.4. The Labute approximate surface area is 175 Å². The number of rotatable bonds is 5. The summed E-state index contributed by atoms with van der Waals surface area (Å²) in [5.74, 6) is 1.92. The summed E-state index contributed by atoms with van der Waals surface area (Å²) in [4.78, 5) is 37.4. The number of carbonyl (C=O) groups excluding carboxylic acids is 2. The lowest BCUT2D eigenvalue weighted by Gasteiger charge is -2.56. The monoisotopic (exact) mass is 407 g/mol. The second-order valence-corrected chi connectivity index (χ2v) is 10.0. The van der Waals surface area contributed by atoms with Crippen molar-refractivity contribution in [1.29, 1.82) is 0 Å². The van der Waals surface area contributed by atoms with Gasteiger partial charge in [-0.3, -0.25) is 14.4 Å². The second kappa shape index (κ2) is 6.96. The van der Waals surface area contributed by atoms with Gasteiger partial charge in [0.1, 0.15) is 6.04 Å². The third-order valence-electron chi connectivity index (χ3n) is 7.78. The molecule has 0 spiro atoms. The first-order valence-electron chi connectivity index (χ1n) is 11.1. The van der Waals surface area contributed by atoms with E-state index in [1.54, 1.807) is 31.3 Å². The molecule has 158 valence electrons. The molecule has 0 aliphatic heterocycles. The maximum atomic E-state index is 13.0. The molecule has 1 aromatic carbocycles. The summed E-state index contributed by atoms with van der Waals surface area (Å²) in [6.07, 6.45) is 9.81. The average Bonchev–Trinajstić information content (AvgIpc) is 2.66. The molecule has 2 amide bonds. The second-order valence-electron chi connectivity index (χ2n) is 10.0. The normalized spacial score (nSPS) is 30.4. The first-order chi connectivity index (χ1) is 14.3. The van der Waals surface area contributed by atoms with Crippen LogP contribution in [0.1, 0.15) is 57.9 Å². The molecular weight excluding hydrogens is 378 g/mol. The molecule has 6 rings (SSSR count). The van der Waals surface area contributed by atoms with E-state index in [1.165, 1.54) is 43.1 Å². The van der Waals surface area contributed by atoms with Gasteiger partial charge in [0, 0.05) is 29.1 Å². The van der Waals surface area contributed by atoms with Crippen LogP contribution in [-0.4, -0.2) is 16.4 Å². The molecule has 0 unspecified atom stereocenters. The van der Waals surface area contributed by atoms with Crippen LogP contribution in [0.5, 0.6) is 0 Å². The molecule has 4 bridgehead atoms. The predicted octanol–water partition coefficient (Wildman–Crippen LogP) is 3.59. The van der Waals surface area contributed by atoms with Crippen molar-refractivity contribution in [2.24, 2.45) is 28.9 Å². The molecule has 3 N–H and O–H groups in total. The van der Waals surface area contributed by atoms with E-state index in [4.69, 9.17) is 5.73 Å².